The number of ether oxygens (including phenoxy) is 2. The summed E-state index contributed by atoms with van der Waals surface area (Å²) in [5, 5.41) is 3.29. The molecule has 0 atom stereocenters. The van der Waals surface area contributed by atoms with Crippen molar-refractivity contribution in [2.45, 2.75) is 13.5 Å². The largest absolute Gasteiger partial charge is 0.497 e. The zero-order chi connectivity index (χ0) is 15.1. The molecule has 110 valence electrons. The fourth-order valence-electron chi connectivity index (χ4n) is 1.96. The molecular formula is C17H19NO3. The first kappa shape index (κ1) is 14.9. The predicted octanol–water partition coefficient (Wildman–Crippen LogP) is 3.48. The molecule has 0 saturated carbocycles. The van der Waals surface area contributed by atoms with Crippen molar-refractivity contribution in [3.05, 3.63) is 59.7 Å². The van der Waals surface area contributed by atoms with Gasteiger partial charge in [0.1, 0.15) is 5.75 Å². The third kappa shape index (κ3) is 4.24. The second kappa shape index (κ2) is 7.33. The minimum Gasteiger partial charge on any atom is -0.497 e. The number of hydrogen-bond acceptors (Lipinski definition) is 4. The maximum atomic E-state index is 11.7. The van der Waals surface area contributed by atoms with E-state index < -0.39 is 0 Å². The molecule has 0 fully saturated rings. The van der Waals surface area contributed by atoms with Crippen molar-refractivity contribution < 1.29 is 14.3 Å². The second-order valence-electron chi connectivity index (χ2n) is 4.51. The Kier molecular flexibility index (Phi) is 5.21. The lowest BCUT2D eigenvalue weighted by atomic mass is 10.2. The molecule has 4 heteroatoms. The lowest BCUT2D eigenvalue weighted by Crippen LogP contribution is -2.06. The fraction of sp³-hybridized carbons (Fsp3) is 0.235. The Morgan fingerprint density at radius 2 is 1.95 bits per heavy atom. The van der Waals surface area contributed by atoms with Crippen molar-refractivity contribution >= 4 is 11.7 Å². The normalized spacial score (nSPS) is 10.0. The van der Waals surface area contributed by atoms with Crippen molar-refractivity contribution in [1.82, 2.24) is 0 Å². The lowest BCUT2D eigenvalue weighted by molar-refractivity contribution is 0.0526. The third-order valence-electron chi connectivity index (χ3n) is 3.00. The van der Waals surface area contributed by atoms with Gasteiger partial charge >= 0.3 is 5.97 Å². The zero-order valence-electron chi connectivity index (χ0n) is 12.3. The van der Waals surface area contributed by atoms with Crippen molar-refractivity contribution in [3.63, 3.8) is 0 Å². The van der Waals surface area contributed by atoms with Crippen LogP contribution in [0.4, 0.5) is 5.69 Å². The van der Waals surface area contributed by atoms with Crippen LogP contribution < -0.4 is 10.1 Å². The number of hydrogen-bond donors (Lipinski definition) is 1. The number of esters is 1. The van der Waals surface area contributed by atoms with Crippen molar-refractivity contribution in [2.75, 3.05) is 19.0 Å². The van der Waals surface area contributed by atoms with Gasteiger partial charge in [-0.3, -0.25) is 0 Å². The summed E-state index contributed by atoms with van der Waals surface area (Å²) in [6.45, 7) is 2.83. The molecule has 4 nitrogen and oxygen atoms in total. The number of carbonyl (C=O) groups excluding carboxylic acids is 1. The van der Waals surface area contributed by atoms with Crippen LogP contribution in [0.1, 0.15) is 22.8 Å². The van der Waals surface area contributed by atoms with Gasteiger partial charge in [0.2, 0.25) is 0 Å². The van der Waals surface area contributed by atoms with Gasteiger partial charge < -0.3 is 14.8 Å². The molecule has 0 aromatic heterocycles. The quantitative estimate of drug-likeness (QED) is 0.825. The van der Waals surface area contributed by atoms with Crippen LogP contribution in [0.5, 0.6) is 5.75 Å². The first-order valence-electron chi connectivity index (χ1n) is 6.87. The summed E-state index contributed by atoms with van der Waals surface area (Å²) in [6, 6.07) is 15.1. The average Bonchev–Trinajstić information content (AvgIpc) is 2.53. The molecule has 2 aromatic rings. The van der Waals surface area contributed by atoms with Gasteiger partial charge in [-0.1, -0.05) is 18.2 Å². The topological polar surface area (TPSA) is 47.6 Å². The van der Waals surface area contributed by atoms with Crippen LogP contribution in [0, 0.1) is 0 Å². The average molecular weight is 285 g/mol. The third-order valence-corrected chi connectivity index (χ3v) is 3.00. The summed E-state index contributed by atoms with van der Waals surface area (Å²) in [7, 11) is 1.65. The Balaban J connectivity index is 2.02. The Bertz CT molecular complexity index is 610. The van der Waals surface area contributed by atoms with Crippen LogP contribution in [-0.2, 0) is 11.3 Å². The van der Waals surface area contributed by atoms with Crippen molar-refractivity contribution in [2.24, 2.45) is 0 Å². The number of anilines is 1. The van der Waals surface area contributed by atoms with Crippen LogP contribution in [-0.4, -0.2) is 19.7 Å². The molecule has 21 heavy (non-hydrogen) atoms. The van der Waals surface area contributed by atoms with Gasteiger partial charge in [-0.15, -0.1) is 0 Å². The first-order chi connectivity index (χ1) is 10.2. The van der Waals surface area contributed by atoms with Gasteiger partial charge in [0.25, 0.3) is 0 Å². The van der Waals surface area contributed by atoms with Crippen LogP contribution in [0.3, 0.4) is 0 Å². The molecule has 0 bridgehead atoms. The number of methoxy groups -OCH3 is 1. The van der Waals surface area contributed by atoms with Gasteiger partial charge in [0.15, 0.2) is 0 Å². The molecule has 2 aromatic carbocycles. The maximum Gasteiger partial charge on any atom is 0.338 e. The molecule has 0 amide bonds. The molecular weight excluding hydrogens is 266 g/mol. The molecule has 0 heterocycles. The molecule has 2 rings (SSSR count). The highest BCUT2D eigenvalue weighted by atomic mass is 16.5. The zero-order valence-corrected chi connectivity index (χ0v) is 12.3. The molecule has 0 aliphatic heterocycles. The van der Waals surface area contributed by atoms with E-state index in [9.17, 15) is 4.79 Å². The molecule has 0 radical (unpaired) electrons. The van der Waals surface area contributed by atoms with E-state index >= 15 is 0 Å². The summed E-state index contributed by atoms with van der Waals surface area (Å²) >= 11 is 0. The first-order valence-corrected chi connectivity index (χ1v) is 6.87. The number of benzene rings is 2. The maximum absolute atomic E-state index is 11.7. The Labute approximate surface area is 124 Å². The van der Waals surface area contributed by atoms with Gasteiger partial charge in [0, 0.05) is 12.2 Å². The molecule has 0 spiro atoms. The van der Waals surface area contributed by atoms with E-state index in [1.165, 1.54) is 0 Å². The van der Waals surface area contributed by atoms with E-state index in [0.717, 1.165) is 17.0 Å². The standard InChI is InChI=1S/C17H19NO3/c1-3-21-17(19)14-7-5-8-15(11-14)18-12-13-6-4-9-16(10-13)20-2/h4-11,18H,3,12H2,1-2H3. The van der Waals surface area contributed by atoms with E-state index in [4.69, 9.17) is 9.47 Å². The molecule has 0 unspecified atom stereocenters. The number of rotatable bonds is 6. The van der Waals surface area contributed by atoms with Crippen LogP contribution >= 0.6 is 0 Å². The van der Waals surface area contributed by atoms with Crippen LogP contribution in [0.25, 0.3) is 0 Å². The van der Waals surface area contributed by atoms with E-state index in [0.29, 0.717) is 18.7 Å². The minimum absolute atomic E-state index is 0.303. The molecule has 0 aliphatic carbocycles. The highest BCUT2D eigenvalue weighted by Crippen LogP contribution is 2.16. The molecule has 1 N–H and O–H groups in total. The second-order valence-corrected chi connectivity index (χ2v) is 4.51. The SMILES string of the molecule is CCOC(=O)c1cccc(NCc2cccc(OC)c2)c1. The lowest BCUT2D eigenvalue weighted by Gasteiger charge is -2.09. The summed E-state index contributed by atoms with van der Waals surface area (Å²) < 4.78 is 10.2. The van der Waals surface area contributed by atoms with Crippen LogP contribution in [0.2, 0.25) is 0 Å². The Morgan fingerprint density at radius 3 is 2.71 bits per heavy atom. The fourth-order valence-corrected chi connectivity index (χ4v) is 1.96. The molecule has 0 aliphatic rings. The van der Waals surface area contributed by atoms with E-state index in [1.807, 2.05) is 36.4 Å². The molecule has 0 saturated heterocycles. The van der Waals surface area contributed by atoms with E-state index in [-0.39, 0.29) is 5.97 Å². The Hall–Kier alpha value is -2.49. The van der Waals surface area contributed by atoms with Gasteiger partial charge in [-0.25, -0.2) is 4.79 Å². The minimum atomic E-state index is -0.303. The Morgan fingerprint density at radius 1 is 1.14 bits per heavy atom. The summed E-state index contributed by atoms with van der Waals surface area (Å²) in [5.41, 5.74) is 2.53. The van der Waals surface area contributed by atoms with Gasteiger partial charge in [-0.05, 0) is 42.8 Å². The summed E-state index contributed by atoms with van der Waals surface area (Å²) in [4.78, 5) is 11.7. The highest BCUT2D eigenvalue weighted by molar-refractivity contribution is 5.90. The summed E-state index contributed by atoms with van der Waals surface area (Å²) in [6.07, 6.45) is 0. The highest BCUT2D eigenvalue weighted by Gasteiger charge is 2.06. The number of carbonyl (C=O) groups is 1. The summed E-state index contributed by atoms with van der Waals surface area (Å²) in [5.74, 6) is 0.525. The predicted molar refractivity (Wildman–Crippen MR) is 82.7 cm³/mol. The van der Waals surface area contributed by atoms with Gasteiger partial charge in [-0.2, -0.15) is 0 Å². The van der Waals surface area contributed by atoms with Crippen molar-refractivity contribution in [3.8, 4) is 5.75 Å². The van der Waals surface area contributed by atoms with E-state index in [2.05, 4.69) is 5.32 Å². The monoisotopic (exact) mass is 285 g/mol. The van der Waals surface area contributed by atoms with Gasteiger partial charge in [0.05, 0.1) is 19.3 Å². The van der Waals surface area contributed by atoms with E-state index in [1.54, 1.807) is 26.2 Å². The number of nitrogens with one attached hydrogen (secondary N) is 1. The van der Waals surface area contributed by atoms with Crippen molar-refractivity contribution in [1.29, 1.82) is 0 Å². The van der Waals surface area contributed by atoms with Crippen LogP contribution in [0.15, 0.2) is 48.5 Å². The smallest absolute Gasteiger partial charge is 0.338 e.